The molecule has 1 fully saturated rings. The zero-order chi connectivity index (χ0) is 27.7. The Kier molecular flexibility index (Phi) is 7.15. The largest absolute Gasteiger partial charge is 0.342 e. The number of halogens is 3. The molecule has 1 unspecified atom stereocenters. The van der Waals surface area contributed by atoms with Crippen molar-refractivity contribution in [3.8, 4) is 0 Å². The Labute approximate surface area is 222 Å². The van der Waals surface area contributed by atoms with Crippen molar-refractivity contribution in [1.82, 2.24) is 9.88 Å². The van der Waals surface area contributed by atoms with E-state index in [1.165, 1.54) is 18.3 Å². The van der Waals surface area contributed by atoms with Crippen LogP contribution >= 0.6 is 0 Å². The number of hydrogen-bond acceptors (Lipinski definition) is 6. The van der Waals surface area contributed by atoms with E-state index in [2.05, 4.69) is 15.3 Å². The Hall–Kier alpha value is -4.16. The molecule has 2 atom stereocenters. The van der Waals surface area contributed by atoms with Crippen molar-refractivity contribution in [2.75, 3.05) is 18.4 Å². The van der Waals surface area contributed by atoms with Crippen molar-refractivity contribution < 1.29 is 27.4 Å². The SMILES string of the molecule is CCC(=O)N1CCC[C@@H](C2=C3C=NC=C[N+]3(N)C(c3ccc(C(=O)Nc4cc(C(F)F)ccn4)cc3F)=N2)C1. The van der Waals surface area contributed by atoms with Gasteiger partial charge in [0.2, 0.25) is 11.6 Å². The van der Waals surface area contributed by atoms with Crippen molar-refractivity contribution >= 4 is 29.7 Å². The number of nitrogens with two attached hydrogens (primary N) is 1. The minimum atomic E-state index is -2.72. The summed E-state index contributed by atoms with van der Waals surface area (Å²) in [4.78, 5) is 39.7. The zero-order valence-corrected chi connectivity index (χ0v) is 21.2. The molecule has 12 heteroatoms. The minimum absolute atomic E-state index is 0.0344. The number of piperidine rings is 1. The number of nitrogens with one attached hydrogen (secondary N) is 1. The Bertz CT molecular complexity index is 1450. The second-order valence-corrected chi connectivity index (χ2v) is 9.52. The monoisotopic (exact) mass is 538 g/mol. The van der Waals surface area contributed by atoms with Gasteiger partial charge in [-0.1, -0.05) is 6.92 Å². The third kappa shape index (κ3) is 5.00. The van der Waals surface area contributed by atoms with Crippen LogP contribution in [0.5, 0.6) is 0 Å². The topological polar surface area (TPSA) is 113 Å². The van der Waals surface area contributed by atoms with Gasteiger partial charge in [-0.05, 0) is 43.2 Å². The van der Waals surface area contributed by atoms with Crippen LogP contribution in [0.25, 0.3) is 0 Å². The molecule has 4 heterocycles. The second-order valence-electron chi connectivity index (χ2n) is 9.52. The number of carbonyl (C=O) groups excluding carboxylic acids is 2. The Morgan fingerprint density at radius 2 is 2.08 bits per heavy atom. The molecule has 1 saturated heterocycles. The van der Waals surface area contributed by atoms with E-state index in [4.69, 9.17) is 10.8 Å². The van der Waals surface area contributed by atoms with Crippen molar-refractivity contribution in [3.05, 3.63) is 82.8 Å². The van der Waals surface area contributed by atoms with Crippen molar-refractivity contribution in [2.45, 2.75) is 32.6 Å². The molecule has 0 aliphatic carbocycles. The Morgan fingerprint density at radius 3 is 2.82 bits per heavy atom. The molecule has 0 saturated carbocycles. The van der Waals surface area contributed by atoms with E-state index >= 15 is 4.39 Å². The second kappa shape index (κ2) is 10.5. The van der Waals surface area contributed by atoms with Gasteiger partial charge < -0.3 is 10.2 Å². The summed E-state index contributed by atoms with van der Waals surface area (Å²) >= 11 is 0. The van der Waals surface area contributed by atoms with E-state index in [0.717, 1.165) is 37.2 Å². The first kappa shape index (κ1) is 26.4. The number of rotatable bonds is 6. The van der Waals surface area contributed by atoms with Crippen molar-refractivity contribution in [1.29, 1.82) is 0 Å². The lowest BCUT2D eigenvalue weighted by molar-refractivity contribution is -0.750. The number of allylic oxidation sites excluding steroid dienone is 1. The third-order valence-electron chi connectivity index (χ3n) is 7.04. The number of pyridine rings is 1. The maximum Gasteiger partial charge on any atom is 0.267 e. The molecule has 3 N–H and O–H groups in total. The van der Waals surface area contributed by atoms with Gasteiger partial charge in [0.1, 0.15) is 23.5 Å². The summed E-state index contributed by atoms with van der Waals surface area (Å²) in [6, 6.07) is 6.06. The van der Waals surface area contributed by atoms with Gasteiger partial charge in [-0.3, -0.25) is 14.6 Å². The molecule has 9 nitrogen and oxygen atoms in total. The van der Waals surface area contributed by atoms with Crippen LogP contribution in [0.4, 0.5) is 19.0 Å². The standard InChI is InChI=1S/C27H26F3N7O2/c1-2-23(38)36-10-3-4-18(15-36)24-21-14-32-9-11-37(21,31)26(35-24)19-6-5-17(12-20(19)28)27(39)34-22-13-16(25(29)30)7-8-33-22/h5-9,11-14,18,25H,2-4,10,15,31H2,1H3/p+1/t18-,37?/m1/s1. The van der Waals surface area contributed by atoms with Gasteiger partial charge in [0.05, 0.1) is 18.0 Å². The van der Waals surface area contributed by atoms with Crippen LogP contribution < -0.4 is 11.2 Å². The van der Waals surface area contributed by atoms with Crippen LogP contribution in [0, 0.1) is 11.7 Å². The first-order valence-electron chi connectivity index (χ1n) is 12.6. The molecule has 5 rings (SSSR count). The molecule has 0 bridgehead atoms. The van der Waals surface area contributed by atoms with E-state index < -0.39 is 22.7 Å². The van der Waals surface area contributed by atoms with Crippen LogP contribution in [-0.2, 0) is 4.79 Å². The van der Waals surface area contributed by atoms with E-state index in [9.17, 15) is 18.4 Å². The number of likely N-dealkylation sites (tertiary alicyclic amines) is 1. The first-order chi connectivity index (χ1) is 18.7. The maximum absolute atomic E-state index is 15.5. The number of aromatic nitrogens is 1. The summed E-state index contributed by atoms with van der Waals surface area (Å²) in [7, 11) is 0. The zero-order valence-electron chi connectivity index (χ0n) is 21.2. The number of anilines is 1. The summed E-state index contributed by atoms with van der Waals surface area (Å²) in [5, 5.41) is 2.41. The number of alkyl halides is 2. The number of nitrogens with zero attached hydrogens (tertiary/aromatic N) is 5. The Balaban J connectivity index is 1.43. The highest BCUT2D eigenvalue weighted by Crippen LogP contribution is 2.38. The molecule has 1 aromatic heterocycles. The van der Waals surface area contributed by atoms with E-state index in [-0.39, 0.29) is 40.2 Å². The quantitative estimate of drug-likeness (QED) is 0.422. The minimum Gasteiger partial charge on any atom is -0.342 e. The van der Waals surface area contributed by atoms with Gasteiger partial charge in [-0.15, -0.1) is 4.59 Å². The Morgan fingerprint density at radius 1 is 1.26 bits per heavy atom. The molecule has 1 aromatic carbocycles. The van der Waals surface area contributed by atoms with E-state index in [1.54, 1.807) is 12.4 Å². The van der Waals surface area contributed by atoms with Crippen LogP contribution in [0.15, 0.2) is 70.3 Å². The fourth-order valence-corrected chi connectivity index (χ4v) is 5.02. The highest BCUT2D eigenvalue weighted by Gasteiger charge is 2.47. The molecule has 2 amide bonds. The van der Waals surface area contributed by atoms with Gasteiger partial charge in [0.15, 0.2) is 0 Å². The summed E-state index contributed by atoms with van der Waals surface area (Å²) in [6.45, 7) is 2.99. The average Bonchev–Trinajstić information content (AvgIpc) is 3.25. The molecule has 39 heavy (non-hydrogen) atoms. The lowest BCUT2D eigenvalue weighted by atomic mass is 9.93. The highest BCUT2D eigenvalue weighted by molar-refractivity contribution is 6.05. The van der Waals surface area contributed by atoms with Gasteiger partial charge in [-0.25, -0.2) is 18.2 Å². The number of benzene rings is 1. The van der Waals surface area contributed by atoms with Gasteiger partial charge in [0, 0.05) is 42.8 Å². The smallest absolute Gasteiger partial charge is 0.267 e. The number of aliphatic imine (C=N–C) groups is 2. The number of quaternary nitrogens is 1. The highest BCUT2D eigenvalue weighted by atomic mass is 19.3. The summed E-state index contributed by atoms with van der Waals surface area (Å²) in [6.07, 6.45) is 5.16. The van der Waals surface area contributed by atoms with Crippen LogP contribution in [0.2, 0.25) is 0 Å². The molecule has 0 radical (unpaired) electrons. The van der Waals surface area contributed by atoms with Gasteiger partial charge in [0.25, 0.3) is 18.2 Å². The lowest BCUT2D eigenvalue weighted by Gasteiger charge is -2.32. The average molecular weight is 539 g/mol. The van der Waals surface area contributed by atoms with E-state index in [0.29, 0.717) is 30.9 Å². The summed E-state index contributed by atoms with van der Waals surface area (Å²) in [5.74, 6) is 5.41. The molecular weight excluding hydrogens is 511 g/mol. The number of amidine groups is 1. The van der Waals surface area contributed by atoms with Crippen molar-refractivity contribution in [2.24, 2.45) is 21.7 Å². The lowest BCUT2D eigenvalue weighted by Crippen LogP contribution is -2.53. The molecule has 3 aliphatic heterocycles. The molecule has 2 aromatic rings. The predicted octanol–water partition coefficient (Wildman–Crippen LogP) is 4.28. The molecular formula is C27H27F3N7O2+. The van der Waals surface area contributed by atoms with Crippen molar-refractivity contribution in [3.63, 3.8) is 0 Å². The number of fused-ring (bicyclic) bond motifs is 1. The van der Waals surface area contributed by atoms with Crippen LogP contribution in [0.3, 0.4) is 0 Å². The maximum atomic E-state index is 15.5. The summed E-state index contributed by atoms with van der Waals surface area (Å²) in [5.41, 5.74) is 1.01. The van der Waals surface area contributed by atoms with Gasteiger partial charge >= 0.3 is 0 Å². The van der Waals surface area contributed by atoms with Crippen LogP contribution in [-0.4, -0.2) is 51.4 Å². The molecule has 0 spiro atoms. The summed E-state index contributed by atoms with van der Waals surface area (Å²) < 4.78 is 41.1. The van der Waals surface area contributed by atoms with Gasteiger partial charge in [-0.2, -0.15) is 10.8 Å². The predicted molar refractivity (Wildman–Crippen MR) is 139 cm³/mol. The molecule has 202 valence electrons. The van der Waals surface area contributed by atoms with Crippen LogP contribution in [0.1, 0.15) is 54.1 Å². The molecule has 3 aliphatic rings. The normalized spacial score (nSPS) is 22.3. The van der Waals surface area contributed by atoms with E-state index in [1.807, 2.05) is 11.8 Å². The number of hydrogen-bond donors (Lipinski definition) is 2. The number of amides is 2. The fourth-order valence-electron chi connectivity index (χ4n) is 5.02. The number of carbonyl (C=O) groups is 2. The first-order valence-corrected chi connectivity index (χ1v) is 12.6. The third-order valence-corrected chi connectivity index (χ3v) is 7.04. The fraction of sp³-hybridized carbons (Fsp3) is 0.296.